The summed E-state index contributed by atoms with van der Waals surface area (Å²) in [4.78, 5) is 36.7. The topological polar surface area (TPSA) is 87.2 Å². The van der Waals surface area contributed by atoms with Crippen LogP contribution in [0.4, 0.5) is 5.69 Å². The number of thioether (sulfide) groups is 1. The summed E-state index contributed by atoms with van der Waals surface area (Å²) in [5.74, 6) is 0.299. The Morgan fingerprint density at radius 3 is 2.70 bits per heavy atom. The van der Waals surface area contributed by atoms with Gasteiger partial charge in [-0.15, -0.1) is 0 Å². The Labute approximate surface area is 176 Å². The number of benzene rings is 3. The van der Waals surface area contributed by atoms with E-state index in [1.165, 1.54) is 11.8 Å². The molecule has 2 heterocycles. The molecule has 0 radical (unpaired) electrons. The quantitative estimate of drug-likeness (QED) is 0.509. The monoisotopic (exact) mass is 414 g/mol. The number of hydrogen-bond donors (Lipinski definition) is 2. The fourth-order valence-corrected chi connectivity index (χ4v) is 4.61. The van der Waals surface area contributed by atoms with Gasteiger partial charge in [-0.3, -0.25) is 9.59 Å². The number of para-hydroxylation sites is 2. The van der Waals surface area contributed by atoms with E-state index in [0.717, 1.165) is 33.3 Å². The lowest BCUT2D eigenvalue weighted by Gasteiger charge is -2.09. The molecule has 7 heteroatoms. The largest absolute Gasteiger partial charge is 0.342 e. The third-order valence-corrected chi connectivity index (χ3v) is 6.11. The third-order valence-electron chi connectivity index (χ3n) is 4.95. The van der Waals surface area contributed by atoms with Gasteiger partial charge < -0.3 is 10.3 Å². The second kappa shape index (κ2) is 7.76. The van der Waals surface area contributed by atoms with E-state index in [-0.39, 0.29) is 18.2 Å². The van der Waals surface area contributed by atoms with E-state index in [4.69, 9.17) is 0 Å². The highest BCUT2D eigenvalue weighted by atomic mass is 32.2. The summed E-state index contributed by atoms with van der Waals surface area (Å²) in [6, 6.07) is 21.5. The number of imidazole rings is 1. The normalized spacial score (nSPS) is 16.2. The molecule has 0 spiro atoms. The second-order valence-corrected chi connectivity index (χ2v) is 8.42. The molecule has 148 valence electrons. The van der Waals surface area contributed by atoms with Crippen LogP contribution >= 0.6 is 11.8 Å². The first-order valence-corrected chi connectivity index (χ1v) is 10.5. The van der Waals surface area contributed by atoms with Crippen LogP contribution in [0.2, 0.25) is 0 Å². The van der Waals surface area contributed by atoms with Gasteiger partial charge in [0.2, 0.25) is 5.91 Å². The van der Waals surface area contributed by atoms with Crippen LogP contribution in [0.3, 0.4) is 0 Å². The fourth-order valence-electron chi connectivity index (χ4n) is 3.53. The first-order valence-electron chi connectivity index (χ1n) is 9.64. The molecule has 2 N–H and O–H groups in total. The average Bonchev–Trinajstić information content (AvgIpc) is 3.30. The Bertz CT molecular complexity index is 1280. The van der Waals surface area contributed by atoms with Gasteiger partial charge in [-0.1, -0.05) is 54.2 Å². The number of carbonyl (C=O) groups is 2. The zero-order valence-corrected chi connectivity index (χ0v) is 16.8. The van der Waals surface area contributed by atoms with Gasteiger partial charge in [-0.2, -0.15) is 0 Å². The zero-order chi connectivity index (χ0) is 20.5. The molecule has 0 aliphatic carbocycles. The maximum Gasteiger partial charge on any atom is 0.260 e. The van der Waals surface area contributed by atoms with Crippen molar-refractivity contribution >= 4 is 56.1 Å². The summed E-state index contributed by atoms with van der Waals surface area (Å²) >= 11 is 1.34. The van der Waals surface area contributed by atoms with Crippen LogP contribution < -0.4 is 5.32 Å². The van der Waals surface area contributed by atoms with Crippen LogP contribution in [0.25, 0.3) is 21.8 Å². The number of nitrogens with one attached hydrogen (secondary N) is 2. The van der Waals surface area contributed by atoms with Crippen LogP contribution in [0, 0.1) is 0 Å². The molecule has 2 amide bonds. The summed E-state index contributed by atoms with van der Waals surface area (Å²) in [5.41, 5.74) is 2.56. The van der Waals surface area contributed by atoms with E-state index in [9.17, 15) is 9.59 Å². The number of aromatic nitrogens is 2. The summed E-state index contributed by atoms with van der Waals surface area (Å²) in [6.45, 7) is 0. The molecule has 0 bridgehead atoms. The number of anilines is 1. The molecule has 0 fully saturated rings. The zero-order valence-electron chi connectivity index (χ0n) is 16.0. The number of hydrogen-bond acceptors (Lipinski definition) is 4. The van der Waals surface area contributed by atoms with Crippen LogP contribution in [-0.4, -0.2) is 32.1 Å². The lowest BCUT2D eigenvalue weighted by atomic mass is 10.1. The lowest BCUT2D eigenvalue weighted by molar-refractivity contribution is -0.121. The molecule has 3 aromatic carbocycles. The maximum atomic E-state index is 12.5. The molecule has 30 heavy (non-hydrogen) atoms. The third kappa shape index (κ3) is 3.84. The van der Waals surface area contributed by atoms with E-state index >= 15 is 0 Å². The van der Waals surface area contributed by atoms with E-state index in [0.29, 0.717) is 11.5 Å². The Hall–Kier alpha value is -3.45. The van der Waals surface area contributed by atoms with Crippen molar-refractivity contribution in [2.45, 2.75) is 18.1 Å². The second-order valence-electron chi connectivity index (χ2n) is 7.14. The Morgan fingerprint density at radius 2 is 1.83 bits per heavy atom. The molecule has 6 nitrogen and oxygen atoms in total. The number of rotatable bonds is 5. The molecular weight excluding hydrogens is 396 g/mol. The van der Waals surface area contributed by atoms with Crippen molar-refractivity contribution < 1.29 is 9.59 Å². The molecule has 4 aromatic rings. The fraction of sp³-hybridized carbons (Fsp3) is 0.130. The molecule has 1 aliphatic heterocycles. The van der Waals surface area contributed by atoms with Gasteiger partial charge in [0.05, 0.1) is 22.5 Å². The number of fused-ring (bicyclic) bond motifs is 2. The van der Waals surface area contributed by atoms with Gasteiger partial charge in [-0.05, 0) is 35.0 Å². The molecule has 5 rings (SSSR count). The van der Waals surface area contributed by atoms with Gasteiger partial charge in [0.15, 0.2) is 0 Å². The predicted molar refractivity (Wildman–Crippen MR) is 121 cm³/mol. The molecule has 0 saturated carbocycles. The summed E-state index contributed by atoms with van der Waals surface area (Å²) in [5, 5.41) is 5.24. The Kier molecular flexibility index (Phi) is 4.80. The number of nitrogens with zero attached hydrogens (tertiary/aromatic N) is 2. The van der Waals surface area contributed by atoms with Crippen molar-refractivity contribution in [3.63, 3.8) is 0 Å². The molecular formula is C23H18N4O2S. The van der Waals surface area contributed by atoms with Crippen molar-refractivity contribution in [3.05, 3.63) is 72.6 Å². The molecule has 0 unspecified atom stereocenters. The Morgan fingerprint density at radius 1 is 1.03 bits per heavy atom. The van der Waals surface area contributed by atoms with Crippen molar-refractivity contribution in [1.82, 2.24) is 9.97 Å². The number of aliphatic imine (C=N–C) groups is 1. The molecule has 1 atom stereocenters. The Balaban J connectivity index is 1.21. The minimum atomic E-state index is -0.496. The maximum absolute atomic E-state index is 12.5. The number of carbonyl (C=O) groups excluding carboxylic acids is 2. The summed E-state index contributed by atoms with van der Waals surface area (Å²) < 4.78 is 0. The highest BCUT2D eigenvalue weighted by molar-refractivity contribution is 8.15. The standard InChI is InChI=1S/C23H18N4O2S/c28-21(24-16-10-9-14-5-1-2-6-15(14)11-16)12-19-23(29)27-22(30-19)13-20-25-17-7-3-4-8-18(17)26-20/h1-11,19H,12-13H2,(H,24,28)(H,25,26)/t19-/m1/s1. The van der Waals surface area contributed by atoms with Crippen molar-refractivity contribution in [1.29, 1.82) is 0 Å². The van der Waals surface area contributed by atoms with E-state index in [1.54, 1.807) is 0 Å². The first-order chi connectivity index (χ1) is 14.6. The van der Waals surface area contributed by atoms with Gasteiger partial charge in [0.25, 0.3) is 5.91 Å². The molecule has 0 saturated heterocycles. The van der Waals surface area contributed by atoms with Crippen LogP contribution in [0.5, 0.6) is 0 Å². The molecule has 1 aliphatic rings. The van der Waals surface area contributed by atoms with E-state index in [1.807, 2.05) is 66.7 Å². The van der Waals surface area contributed by atoms with E-state index in [2.05, 4.69) is 20.3 Å². The minimum Gasteiger partial charge on any atom is -0.342 e. The van der Waals surface area contributed by atoms with Gasteiger partial charge in [0, 0.05) is 12.1 Å². The van der Waals surface area contributed by atoms with Gasteiger partial charge in [0.1, 0.15) is 11.1 Å². The van der Waals surface area contributed by atoms with Gasteiger partial charge in [-0.25, -0.2) is 9.98 Å². The predicted octanol–water partition coefficient (Wildman–Crippen LogP) is 4.33. The highest BCUT2D eigenvalue weighted by Gasteiger charge is 2.30. The summed E-state index contributed by atoms with van der Waals surface area (Å²) in [6.07, 6.45) is 0.539. The lowest BCUT2D eigenvalue weighted by Crippen LogP contribution is -2.21. The number of aromatic amines is 1. The minimum absolute atomic E-state index is 0.0868. The van der Waals surface area contributed by atoms with E-state index < -0.39 is 5.25 Å². The number of H-pyrrole nitrogens is 1. The van der Waals surface area contributed by atoms with Gasteiger partial charge >= 0.3 is 0 Å². The summed E-state index contributed by atoms with van der Waals surface area (Å²) in [7, 11) is 0. The first kappa shape index (κ1) is 18.6. The van der Waals surface area contributed by atoms with Crippen molar-refractivity contribution in [2.24, 2.45) is 4.99 Å². The van der Waals surface area contributed by atoms with Crippen LogP contribution in [0.1, 0.15) is 12.2 Å². The van der Waals surface area contributed by atoms with Crippen molar-refractivity contribution in [3.8, 4) is 0 Å². The molecule has 1 aromatic heterocycles. The SMILES string of the molecule is O=C(C[C@H]1SC(Cc2nc3ccccc3[nH]2)=NC1=O)Nc1ccc2ccccc2c1. The van der Waals surface area contributed by atoms with Crippen LogP contribution in [-0.2, 0) is 16.0 Å². The average molecular weight is 414 g/mol. The van der Waals surface area contributed by atoms with Crippen LogP contribution in [0.15, 0.2) is 71.7 Å². The van der Waals surface area contributed by atoms with Crippen molar-refractivity contribution in [2.75, 3.05) is 5.32 Å². The smallest absolute Gasteiger partial charge is 0.260 e. The highest BCUT2D eigenvalue weighted by Crippen LogP contribution is 2.28. The number of amides is 2.